The molecule has 18 heavy (non-hydrogen) atoms. The van der Waals surface area contributed by atoms with Gasteiger partial charge < -0.3 is 4.74 Å². The quantitative estimate of drug-likeness (QED) is 0.569. The second kappa shape index (κ2) is 3.73. The molecule has 0 amide bonds. The Kier molecular flexibility index (Phi) is 2.25. The van der Waals surface area contributed by atoms with Crippen LogP contribution in [0.4, 0.5) is 0 Å². The van der Waals surface area contributed by atoms with Crippen molar-refractivity contribution in [3.63, 3.8) is 0 Å². The third-order valence-corrected chi connectivity index (χ3v) is 5.41. The van der Waals surface area contributed by atoms with Crippen LogP contribution in [-0.4, -0.2) is 18.2 Å². The highest BCUT2D eigenvalue weighted by Gasteiger charge is 2.61. The molecular weight excluding hydrogens is 232 g/mol. The summed E-state index contributed by atoms with van der Waals surface area (Å²) in [6.45, 7) is 0.351. The lowest BCUT2D eigenvalue weighted by atomic mass is 9.79. The fraction of sp³-hybridized carbons (Fsp3) is 0.786. The van der Waals surface area contributed by atoms with Gasteiger partial charge in [0.05, 0.1) is 6.26 Å². The van der Waals surface area contributed by atoms with E-state index in [1.165, 1.54) is 31.9 Å². The van der Waals surface area contributed by atoms with Crippen LogP contribution in [0.15, 0.2) is 11.8 Å². The Morgan fingerprint density at radius 3 is 3.06 bits per heavy atom. The minimum Gasteiger partial charge on any atom is -0.495 e. The van der Waals surface area contributed by atoms with Crippen molar-refractivity contribution in [1.82, 2.24) is 0 Å². The molecule has 4 unspecified atom stereocenters. The molecule has 4 atom stereocenters. The Balaban J connectivity index is 1.45. The van der Waals surface area contributed by atoms with E-state index in [4.69, 9.17) is 14.5 Å². The minimum absolute atomic E-state index is 0.160. The first-order chi connectivity index (χ1) is 8.78. The molecule has 3 saturated carbocycles. The standard InChI is InChI=1S/C14H18O4/c15-13(10-7-16-8-10)17-18-14-5-4-9(6-14)11-2-1-3-12(11)14/h7,9,11-12H,1-6,8H2. The highest BCUT2D eigenvalue weighted by Crippen LogP contribution is 2.62. The highest BCUT2D eigenvalue weighted by atomic mass is 17.2. The van der Waals surface area contributed by atoms with E-state index >= 15 is 0 Å². The third kappa shape index (κ3) is 1.38. The predicted octanol–water partition coefficient (Wildman–Crippen LogP) is 2.34. The fourth-order valence-corrected chi connectivity index (χ4v) is 4.57. The van der Waals surface area contributed by atoms with Crippen LogP contribution in [-0.2, 0) is 19.3 Å². The van der Waals surface area contributed by atoms with E-state index in [-0.39, 0.29) is 11.6 Å². The van der Waals surface area contributed by atoms with Crippen molar-refractivity contribution in [3.8, 4) is 0 Å². The van der Waals surface area contributed by atoms with Gasteiger partial charge in [-0.25, -0.2) is 4.79 Å². The molecule has 0 radical (unpaired) electrons. The van der Waals surface area contributed by atoms with Crippen LogP contribution in [0.25, 0.3) is 0 Å². The smallest absolute Gasteiger partial charge is 0.375 e. The van der Waals surface area contributed by atoms with Crippen molar-refractivity contribution >= 4 is 5.97 Å². The van der Waals surface area contributed by atoms with Crippen molar-refractivity contribution < 1.29 is 19.3 Å². The van der Waals surface area contributed by atoms with Gasteiger partial charge in [0.15, 0.2) is 0 Å². The zero-order valence-corrected chi connectivity index (χ0v) is 10.4. The normalized spacial score (nSPS) is 44.0. The third-order valence-electron chi connectivity index (χ3n) is 5.41. The van der Waals surface area contributed by atoms with Crippen molar-refractivity contribution in [2.24, 2.45) is 17.8 Å². The maximum Gasteiger partial charge on any atom is 0.375 e. The molecule has 2 bridgehead atoms. The van der Waals surface area contributed by atoms with E-state index in [1.54, 1.807) is 0 Å². The van der Waals surface area contributed by atoms with Gasteiger partial charge in [0.2, 0.25) is 0 Å². The molecule has 4 heteroatoms. The van der Waals surface area contributed by atoms with Crippen LogP contribution in [0.2, 0.25) is 0 Å². The summed E-state index contributed by atoms with van der Waals surface area (Å²) in [6, 6.07) is 0. The Morgan fingerprint density at radius 2 is 2.28 bits per heavy atom. The summed E-state index contributed by atoms with van der Waals surface area (Å²) in [4.78, 5) is 22.4. The van der Waals surface area contributed by atoms with Crippen LogP contribution in [0.1, 0.15) is 38.5 Å². The molecule has 0 spiro atoms. The van der Waals surface area contributed by atoms with E-state index in [0.29, 0.717) is 18.1 Å². The lowest BCUT2D eigenvalue weighted by molar-refractivity contribution is -0.339. The van der Waals surface area contributed by atoms with Crippen molar-refractivity contribution in [3.05, 3.63) is 11.8 Å². The van der Waals surface area contributed by atoms with E-state index in [2.05, 4.69) is 0 Å². The van der Waals surface area contributed by atoms with Crippen LogP contribution in [0, 0.1) is 17.8 Å². The van der Waals surface area contributed by atoms with E-state index in [1.807, 2.05) is 0 Å². The summed E-state index contributed by atoms with van der Waals surface area (Å²) >= 11 is 0. The zero-order valence-electron chi connectivity index (χ0n) is 10.4. The second-order valence-electron chi connectivity index (χ2n) is 6.18. The number of hydrogen-bond acceptors (Lipinski definition) is 4. The maximum atomic E-state index is 11.7. The van der Waals surface area contributed by atoms with Gasteiger partial charge in [0, 0.05) is 0 Å². The number of fused-ring (bicyclic) bond motifs is 5. The Hall–Kier alpha value is -1.03. The lowest BCUT2D eigenvalue weighted by Gasteiger charge is -2.33. The van der Waals surface area contributed by atoms with Crippen molar-refractivity contribution in [2.45, 2.75) is 44.1 Å². The summed E-state index contributed by atoms with van der Waals surface area (Å²) < 4.78 is 4.84. The zero-order chi connectivity index (χ0) is 12.2. The second-order valence-corrected chi connectivity index (χ2v) is 6.18. The molecule has 0 saturated heterocycles. The van der Waals surface area contributed by atoms with Crippen molar-refractivity contribution in [1.29, 1.82) is 0 Å². The van der Waals surface area contributed by atoms with Crippen LogP contribution in [0.3, 0.4) is 0 Å². The summed E-state index contributed by atoms with van der Waals surface area (Å²) in [7, 11) is 0. The topological polar surface area (TPSA) is 44.8 Å². The van der Waals surface area contributed by atoms with Crippen LogP contribution >= 0.6 is 0 Å². The molecule has 1 heterocycles. The molecule has 0 N–H and O–H groups in total. The SMILES string of the molecule is O=C(OOC12CCC(C1)C1CCCC12)C1=COC1. The first-order valence-electron chi connectivity index (χ1n) is 6.99. The van der Waals surface area contributed by atoms with Gasteiger partial charge in [0.25, 0.3) is 0 Å². The molecular formula is C14H18O4. The van der Waals surface area contributed by atoms with Gasteiger partial charge in [0.1, 0.15) is 17.8 Å². The van der Waals surface area contributed by atoms with E-state index < -0.39 is 0 Å². The van der Waals surface area contributed by atoms with Gasteiger partial charge in [-0.2, -0.15) is 4.89 Å². The number of ether oxygens (including phenoxy) is 1. The molecule has 3 aliphatic carbocycles. The molecule has 4 aliphatic rings. The average molecular weight is 250 g/mol. The average Bonchev–Trinajstić information content (AvgIpc) is 2.96. The lowest BCUT2D eigenvalue weighted by Crippen LogP contribution is -2.38. The first-order valence-corrected chi connectivity index (χ1v) is 6.99. The van der Waals surface area contributed by atoms with Gasteiger partial charge in [-0.15, -0.1) is 0 Å². The molecule has 4 nitrogen and oxygen atoms in total. The predicted molar refractivity (Wildman–Crippen MR) is 62.1 cm³/mol. The molecule has 0 aromatic heterocycles. The number of hydrogen-bond donors (Lipinski definition) is 0. The molecule has 4 rings (SSSR count). The van der Waals surface area contributed by atoms with Gasteiger partial charge in [-0.3, -0.25) is 4.89 Å². The first kappa shape index (κ1) is 10.9. The van der Waals surface area contributed by atoms with Crippen LogP contribution < -0.4 is 0 Å². The number of rotatable bonds is 3. The highest BCUT2D eigenvalue weighted by molar-refractivity contribution is 5.89. The molecule has 0 aromatic rings. The summed E-state index contributed by atoms with van der Waals surface area (Å²) in [5, 5.41) is 0. The largest absolute Gasteiger partial charge is 0.495 e. The van der Waals surface area contributed by atoms with E-state index in [9.17, 15) is 4.79 Å². The number of carbonyl (C=O) groups is 1. The summed E-state index contributed by atoms with van der Waals surface area (Å²) in [6.07, 6.45) is 8.72. The van der Waals surface area contributed by atoms with Gasteiger partial charge in [-0.1, -0.05) is 6.42 Å². The van der Waals surface area contributed by atoms with E-state index in [0.717, 1.165) is 24.7 Å². The Labute approximate surface area is 106 Å². The fourth-order valence-electron chi connectivity index (χ4n) is 4.57. The van der Waals surface area contributed by atoms with Gasteiger partial charge >= 0.3 is 5.97 Å². The summed E-state index contributed by atoms with van der Waals surface area (Å²) in [5.74, 6) is 1.88. The van der Waals surface area contributed by atoms with Crippen molar-refractivity contribution in [2.75, 3.05) is 6.61 Å². The number of carbonyl (C=O) groups excluding carboxylic acids is 1. The van der Waals surface area contributed by atoms with Gasteiger partial charge in [-0.05, 0) is 49.9 Å². The monoisotopic (exact) mass is 250 g/mol. The molecule has 98 valence electrons. The molecule has 0 aromatic carbocycles. The summed E-state index contributed by atoms with van der Waals surface area (Å²) in [5.41, 5.74) is 0.411. The maximum absolute atomic E-state index is 11.7. The minimum atomic E-state index is -0.375. The van der Waals surface area contributed by atoms with Crippen LogP contribution in [0.5, 0.6) is 0 Å². The molecule has 3 fully saturated rings. The Morgan fingerprint density at radius 1 is 1.39 bits per heavy atom. The molecule has 1 aliphatic heterocycles. The Bertz CT molecular complexity index is 416.